The van der Waals surface area contributed by atoms with Crippen LogP contribution in [0.2, 0.25) is 5.02 Å². The summed E-state index contributed by atoms with van der Waals surface area (Å²) < 4.78 is 31.8. The van der Waals surface area contributed by atoms with E-state index in [9.17, 15) is 18.4 Å². The smallest absolute Gasteiger partial charge is 0.281 e. The van der Waals surface area contributed by atoms with Crippen LogP contribution in [0.1, 0.15) is 65.4 Å². The van der Waals surface area contributed by atoms with Gasteiger partial charge in [0.15, 0.2) is 5.82 Å². The number of likely N-dealkylation sites (tertiary alicyclic amines) is 1. The van der Waals surface area contributed by atoms with Gasteiger partial charge in [0.2, 0.25) is 11.8 Å². The van der Waals surface area contributed by atoms with Gasteiger partial charge in [-0.2, -0.15) is 4.98 Å². The Morgan fingerprint density at radius 1 is 1.23 bits per heavy atom. The molecular weight excluding hydrogens is 542 g/mol. The molecule has 40 heavy (non-hydrogen) atoms. The number of carbonyl (C=O) groups excluding carboxylic acids is 2. The number of amides is 2. The Kier molecular flexibility index (Phi) is 7.03. The molecule has 2 aliphatic heterocycles. The molecule has 6 rings (SSSR count). The number of rotatable bonds is 7. The van der Waals surface area contributed by atoms with Gasteiger partial charge in [0.25, 0.3) is 12.3 Å². The Morgan fingerprint density at radius 2 is 1.98 bits per heavy atom. The van der Waals surface area contributed by atoms with Crippen LogP contribution in [0.3, 0.4) is 0 Å². The maximum Gasteiger partial charge on any atom is 0.281 e. The predicted octanol–water partition coefficient (Wildman–Crippen LogP) is 4.45. The summed E-state index contributed by atoms with van der Waals surface area (Å²) in [6.45, 7) is 4.10. The first-order valence-electron chi connectivity index (χ1n) is 13.4. The fourth-order valence-corrected chi connectivity index (χ4v) is 6.49. The van der Waals surface area contributed by atoms with Crippen LogP contribution >= 0.6 is 11.6 Å². The van der Waals surface area contributed by atoms with Crippen molar-refractivity contribution in [2.45, 2.75) is 57.0 Å². The standard InChI is InChI=1S/C28H29ClF2N6O3/c1-16-33-23(35-40-16)13-36-14-28(15-36)21-4-2-3-5-22(21)37(27(28)39)12-17-6-8-19(9-7-17)34-26(38)20-10-18(29)11-32-24(20)25(30)31/h2-5,10-11,17,19,25H,6-9,12-15H2,1H3,(H,34,38). The maximum absolute atomic E-state index is 13.8. The summed E-state index contributed by atoms with van der Waals surface area (Å²) in [5.74, 6) is 0.932. The Balaban J connectivity index is 1.07. The Morgan fingerprint density at radius 3 is 2.67 bits per heavy atom. The molecule has 12 heteroatoms. The highest BCUT2D eigenvalue weighted by atomic mass is 35.5. The van der Waals surface area contributed by atoms with Crippen LogP contribution < -0.4 is 10.2 Å². The molecule has 1 aromatic carbocycles. The average Bonchev–Trinajstić information content (AvgIpc) is 3.43. The van der Waals surface area contributed by atoms with Gasteiger partial charge in [-0.15, -0.1) is 0 Å². The van der Waals surface area contributed by atoms with E-state index in [-0.39, 0.29) is 28.5 Å². The second kappa shape index (κ2) is 10.5. The summed E-state index contributed by atoms with van der Waals surface area (Å²) in [4.78, 5) is 38.6. The van der Waals surface area contributed by atoms with Crippen molar-refractivity contribution in [3.8, 4) is 0 Å². The van der Waals surface area contributed by atoms with E-state index in [4.69, 9.17) is 16.1 Å². The van der Waals surface area contributed by atoms with Crippen LogP contribution in [0, 0.1) is 12.8 Å². The Hall–Kier alpha value is -3.44. The van der Waals surface area contributed by atoms with E-state index in [1.165, 1.54) is 6.07 Å². The van der Waals surface area contributed by atoms with Gasteiger partial charge in [-0.05, 0) is 49.3 Å². The molecule has 1 aliphatic carbocycles. The number of hydrogen-bond donors (Lipinski definition) is 1. The summed E-state index contributed by atoms with van der Waals surface area (Å²) in [5.41, 5.74) is 0.696. The van der Waals surface area contributed by atoms with Crippen molar-refractivity contribution in [3.63, 3.8) is 0 Å². The number of pyridine rings is 1. The Labute approximate surface area is 234 Å². The van der Waals surface area contributed by atoms with E-state index in [0.717, 1.165) is 30.3 Å². The van der Waals surface area contributed by atoms with Crippen molar-refractivity contribution in [2.24, 2.45) is 5.92 Å². The number of hydrogen-bond acceptors (Lipinski definition) is 7. The van der Waals surface area contributed by atoms with Gasteiger partial charge in [0.1, 0.15) is 11.1 Å². The third-order valence-corrected chi connectivity index (χ3v) is 8.45. The fraction of sp³-hybridized carbons (Fsp3) is 0.464. The van der Waals surface area contributed by atoms with Gasteiger partial charge >= 0.3 is 0 Å². The van der Waals surface area contributed by atoms with E-state index >= 15 is 0 Å². The number of aromatic nitrogens is 3. The number of nitrogens with one attached hydrogen (secondary N) is 1. The minimum Gasteiger partial charge on any atom is -0.349 e. The monoisotopic (exact) mass is 570 g/mol. The molecule has 0 bridgehead atoms. The molecule has 1 spiro atoms. The van der Waals surface area contributed by atoms with Crippen LogP contribution in [0.25, 0.3) is 0 Å². The van der Waals surface area contributed by atoms with Crippen LogP contribution in [-0.4, -0.2) is 57.5 Å². The van der Waals surface area contributed by atoms with Gasteiger partial charge in [-0.25, -0.2) is 8.78 Å². The number of halogens is 3. The minimum atomic E-state index is -2.87. The van der Waals surface area contributed by atoms with Crippen LogP contribution in [0.15, 0.2) is 41.1 Å². The lowest BCUT2D eigenvalue weighted by molar-refractivity contribution is -0.130. The first-order chi connectivity index (χ1) is 19.2. The molecule has 3 aromatic rings. The van der Waals surface area contributed by atoms with E-state index < -0.39 is 23.4 Å². The molecule has 3 aliphatic rings. The zero-order valence-corrected chi connectivity index (χ0v) is 22.7. The molecule has 1 N–H and O–H groups in total. The van der Waals surface area contributed by atoms with Crippen molar-refractivity contribution in [3.05, 3.63) is 70.1 Å². The van der Waals surface area contributed by atoms with Crippen LogP contribution in [-0.2, 0) is 16.8 Å². The summed E-state index contributed by atoms with van der Waals surface area (Å²) in [6.07, 6.45) is 1.25. The minimum absolute atomic E-state index is 0.123. The lowest BCUT2D eigenvalue weighted by Crippen LogP contribution is -2.63. The van der Waals surface area contributed by atoms with E-state index in [0.29, 0.717) is 50.7 Å². The number of carbonyl (C=O) groups is 2. The maximum atomic E-state index is 13.8. The number of fused-ring (bicyclic) bond motifs is 2. The molecule has 0 unspecified atom stereocenters. The highest BCUT2D eigenvalue weighted by Gasteiger charge is 2.58. The van der Waals surface area contributed by atoms with Gasteiger partial charge in [0, 0.05) is 44.5 Å². The normalized spacial score (nSPS) is 22.0. The number of anilines is 1. The second-order valence-corrected chi connectivity index (χ2v) is 11.4. The van der Waals surface area contributed by atoms with Crippen molar-refractivity contribution >= 4 is 29.1 Å². The summed E-state index contributed by atoms with van der Waals surface area (Å²) in [5, 5.41) is 6.98. The topological polar surface area (TPSA) is 104 Å². The molecule has 0 atom stereocenters. The van der Waals surface area contributed by atoms with Crippen LogP contribution in [0.4, 0.5) is 14.5 Å². The molecule has 2 aromatic heterocycles. The molecule has 0 radical (unpaired) electrons. The number of alkyl halides is 2. The van der Waals surface area contributed by atoms with E-state index in [2.05, 4.69) is 25.3 Å². The highest BCUT2D eigenvalue weighted by Crippen LogP contribution is 2.48. The second-order valence-electron chi connectivity index (χ2n) is 11.0. The highest BCUT2D eigenvalue weighted by molar-refractivity contribution is 6.30. The third kappa shape index (κ3) is 4.85. The lowest BCUT2D eigenvalue weighted by atomic mass is 9.74. The summed E-state index contributed by atoms with van der Waals surface area (Å²) in [7, 11) is 0. The number of aryl methyl sites for hydroxylation is 1. The van der Waals surface area contributed by atoms with Gasteiger partial charge in [-0.3, -0.25) is 19.5 Å². The first kappa shape index (κ1) is 26.8. The first-order valence-corrected chi connectivity index (χ1v) is 13.8. The largest absolute Gasteiger partial charge is 0.349 e. The van der Waals surface area contributed by atoms with E-state index in [1.54, 1.807) is 6.92 Å². The SMILES string of the molecule is Cc1nc(CN2CC3(C2)C(=O)N(CC2CCC(NC(=O)c4cc(Cl)cnc4C(F)F)CC2)c2ccccc23)no1. The molecule has 4 heterocycles. The van der Waals surface area contributed by atoms with Crippen molar-refractivity contribution in [1.82, 2.24) is 25.3 Å². The zero-order valence-electron chi connectivity index (χ0n) is 21.9. The van der Waals surface area contributed by atoms with Crippen molar-refractivity contribution in [1.29, 1.82) is 0 Å². The Bertz CT molecular complexity index is 1430. The number of nitrogens with zero attached hydrogens (tertiary/aromatic N) is 5. The van der Waals surface area contributed by atoms with Crippen molar-refractivity contribution in [2.75, 3.05) is 24.5 Å². The molecule has 1 saturated carbocycles. The summed E-state index contributed by atoms with van der Waals surface area (Å²) in [6, 6.07) is 9.09. The third-order valence-electron chi connectivity index (χ3n) is 8.25. The van der Waals surface area contributed by atoms with Crippen LogP contribution in [0.5, 0.6) is 0 Å². The average molecular weight is 571 g/mol. The summed E-state index contributed by atoms with van der Waals surface area (Å²) >= 11 is 5.90. The molecule has 2 fully saturated rings. The van der Waals surface area contributed by atoms with E-state index in [1.807, 2.05) is 29.2 Å². The molecule has 9 nitrogen and oxygen atoms in total. The molecule has 1 saturated heterocycles. The van der Waals surface area contributed by atoms with Crippen molar-refractivity contribution < 1.29 is 22.9 Å². The lowest BCUT2D eigenvalue weighted by Gasteiger charge is -2.46. The molecular formula is C28H29ClF2N6O3. The quantitative estimate of drug-likeness (QED) is 0.447. The molecule has 2 amide bonds. The fourth-order valence-electron chi connectivity index (χ4n) is 6.33. The predicted molar refractivity (Wildman–Crippen MR) is 142 cm³/mol. The zero-order chi connectivity index (χ0) is 28.0. The number of benzene rings is 1. The number of para-hydroxylation sites is 1. The van der Waals surface area contributed by atoms with Gasteiger partial charge in [-0.1, -0.05) is 35.0 Å². The van der Waals surface area contributed by atoms with Gasteiger partial charge in [0.05, 0.1) is 17.1 Å². The molecule has 210 valence electrons. The van der Waals surface area contributed by atoms with Gasteiger partial charge < -0.3 is 14.7 Å².